The lowest BCUT2D eigenvalue weighted by atomic mass is 10.1. The molecular weight excluding hydrogens is 284 g/mol. The largest absolute Gasteiger partial charge is 0.282 e. The Morgan fingerprint density at radius 1 is 1.32 bits per heavy atom. The molecule has 0 amide bonds. The molecule has 0 radical (unpaired) electrons. The maximum Gasteiger partial charge on any atom is 0.282 e. The number of halogens is 1. The molecule has 0 aliphatic carbocycles. The van der Waals surface area contributed by atoms with E-state index in [1.165, 1.54) is 0 Å². The zero-order valence-electron chi connectivity index (χ0n) is 12.3. The summed E-state index contributed by atoms with van der Waals surface area (Å²) in [5.74, 6) is 0.345. The monoisotopic (exact) mass is 310 g/mol. The van der Waals surface area contributed by atoms with Crippen LogP contribution < -0.4 is 0 Å². The van der Waals surface area contributed by atoms with Gasteiger partial charge in [0.05, 0.1) is 0 Å². The van der Waals surface area contributed by atoms with E-state index in [2.05, 4.69) is 0 Å². The minimum absolute atomic E-state index is 0.0536. The second-order valence-electron chi connectivity index (χ2n) is 5.23. The summed E-state index contributed by atoms with van der Waals surface area (Å²) >= 11 is 5.81. The first-order valence-electron chi connectivity index (χ1n) is 7.33. The molecule has 0 saturated carbocycles. The lowest BCUT2D eigenvalue weighted by Gasteiger charge is -2.39. The molecule has 1 fully saturated rings. The van der Waals surface area contributed by atoms with Crippen LogP contribution in [0, 0.1) is 0 Å². The number of rotatable bonds is 7. The lowest BCUT2D eigenvalue weighted by Crippen LogP contribution is -2.53. The van der Waals surface area contributed by atoms with Gasteiger partial charge in [-0.1, -0.05) is 20.3 Å². The molecule has 1 saturated heterocycles. The molecule has 19 heavy (non-hydrogen) atoms. The molecule has 6 heteroatoms. The molecule has 1 unspecified atom stereocenters. The molecule has 1 aliphatic heterocycles. The molecule has 1 aliphatic rings. The summed E-state index contributed by atoms with van der Waals surface area (Å²) in [6.45, 7) is 7.11. The zero-order chi connectivity index (χ0) is 14.5. The van der Waals surface area contributed by atoms with Gasteiger partial charge in [0, 0.05) is 31.1 Å². The predicted molar refractivity (Wildman–Crippen MR) is 80.7 cm³/mol. The topological polar surface area (TPSA) is 40.6 Å². The van der Waals surface area contributed by atoms with Gasteiger partial charge in [-0.05, 0) is 32.6 Å². The van der Waals surface area contributed by atoms with Crippen molar-refractivity contribution in [3.8, 4) is 0 Å². The molecule has 4 nitrogen and oxygen atoms in total. The maximum absolute atomic E-state index is 12.8. The van der Waals surface area contributed by atoms with E-state index in [1.54, 1.807) is 8.61 Å². The molecule has 114 valence electrons. The van der Waals surface area contributed by atoms with Crippen LogP contribution in [0.15, 0.2) is 0 Å². The highest BCUT2D eigenvalue weighted by Crippen LogP contribution is 2.25. The molecule has 0 bridgehead atoms. The zero-order valence-corrected chi connectivity index (χ0v) is 13.9. The van der Waals surface area contributed by atoms with Crippen LogP contribution in [0.25, 0.3) is 0 Å². The molecule has 0 spiro atoms. The van der Waals surface area contributed by atoms with Crippen LogP contribution in [0.2, 0.25) is 0 Å². The summed E-state index contributed by atoms with van der Waals surface area (Å²) < 4.78 is 29.0. The van der Waals surface area contributed by atoms with E-state index in [9.17, 15) is 8.42 Å². The summed E-state index contributed by atoms with van der Waals surface area (Å²) in [5, 5.41) is 0. The Bertz CT molecular complexity index is 358. The van der Waals surface area contributed by atoms with Crippen LogP contribution in [0.3, 0.4) is 0 Å². The van der Waals surface area contributed by atoms with Gasteiger partial charge in [0.25, 0.3) is 10.2 Å². The average Bonchev–Trinajstić information content (AvgIpc) is 2.39. The van der Waals surface area contributed by atoms with Crippen molar-refractivity contribution in [3.63, 3.8) is 0 Å². The van der Waals surface area contributed by atoms with Gasteiger partial charge in [0.1, 0.15) is 0 Å². The van der Waals surface area contributed by atoms with Crippen LogP contribution in [0.5, 0.6) is 0 Å². The molecule has 0 aromatic rings. The SMILES string of the molecule is CCC(CC)N(CCCl)S(=O)(=O)N1CCCCC1C. The summed E-state index contributed by atoms with van der Waals surface area (Å²) in [7, 11) is -3.38. The number of hydrogen-bond acceptors (Lipinski definition) is 2. The Hall–Kier alpha value is 0.160. The number of alkyl halides is 1. The van der Waals surface area contributed by atoms with Crippen LogP contribution in [0.1, 0.15) is 52.9 Å². The van der Waals surface area contributed by atoms with Crippen molar-refractivity contribution < 1.29 is 8.42 Å². The van der Waals surface area contributed by atoms with Gasteiger partial charge in [-0.15, -0.1) is 11.6 Å². The summed E-state index contributed by atoms with van der Waals surface area (Å²) in [6, 6.07) is 0.156. The third-order valence-electron chi connectivity index (χ3n) is 3.99. The number of nitrogens with zero attached hydrogens (tertiary/aromatic N) is 2. The quantitative estimate of drug-likeness (QED) is 0.678. The van der Waals surface area contributed by atoms with Gasteiger partial charge in [-0.25, -0.2) is 0 Å². The summed E-state index contributed by atoms with van der Waals surface area (Å²) in [6.07, 6.45) is 4.69. The minimum atomic E-state index is -3.38. The van der Waals surface area contributed by atoms with Crippen LogP contribution in [-0.4, -0.2) is 48.1 Å². The van der Waals surface area contributed by atoms with Gasteiger partial charge in [-0.2, -0.15) is 17.0 Å². The van der Waals surface area contributed by atoms with Crippen molar-refractivity contribution in [1.82, 2.24) is 8.61 Å². The first-order valence-corrected chi connectivity index (χ1v) is 9.26. The molecule has 1 rings (SSSR count). The Kier molecular flexibility index (Phi) is 7.08. The van der Waals surface area contributed by atoms with Crippen molar-refractivity contribution in [2.75, 3.05) is 19.0 Å². The predicted octanol–water partition coefficient (Wildman–Crippen LogP) is 2.84. The normalized spacial score (nSPS) is 22.3. The van der Waals surface area contributed by atoms with Gasteiger partial charge < -0.3 is 0 Å². The fourth-order valence-corrected chi connectivity index (χ4v) is 5.28. The van der Waals surface area contributed by atoms with E-state index in [0.29, 0.717) is 19.0 Å². The number of piperidine rings is 1. The highest BCUT2D eigenvalue weighted by atomic mass is 35.5. The first kappa shape index (κ1) is 17.2. The van der Waals surface area contributed by atoms with Crippen molar-refractivity contribution in [1.29, 1.82) is 0 Å². The Morgan fingerprint density at radius 3 is 2.42 bits per heavy atom. The van der Waals surface area contributed by atoms with Crippen LogP contribution >= 0.6 is 11.6 Å². The van der Waals surface area contributed by atoms with Crippen molar-refractivity contribution in [2.24, 2.45) is 0 Å². The maximum atomic E-state index is 12.8. The van der Waals surface area contributed by atoms with E-state index in [0.717, 1.165) is 32.1 Å². The molecule has 0 aromatic carbocycles. The minimum Gasteiger partial charge on any atom is -0.195 e. The Labute approximate surface area is 123 Å². The highest BCUT2D eigenvalue weighted by Gasteiger charge is 2.36. The lowest BCUT2D eigenvalue weighted by molar-refractivity contribution is 0.226. The van der Waals surface area contributed by atoms with Gasteiger partial charge in [0.15, 0.2) is 0 Å². The molecule has 0 aromatic heterocycles. The van der Waals surface area contributed by atoms with Gasteiger partial charge in [0.2, 0.25) is 0 Å². The van der Waals surface area contributed by atoms with Crippen LogP contribution in [-0.2, 0) is 10.2 Å². The third-order valence-corrected chi connectivity index (χ3v) is 6.37. The van der Waals surface area contributed by atoms with E-state index in [1.807, 2.05) is 20.8 Å². The van der Waals surface area contributed by atoms with Gasteiger partial charge >= 0.3 is 0 Å². The van der Waals surface area contributed by atoms with Crippen molar-refractivity contribution in [2.45, 2.75) is 65.0 Å². The molecule has 1 heterocycles. The molecule has 1 atom stereocenters. The Morgan fingerprint density at radius 2 is 1.95 bits per heavy atom. The van der Waals surface area contributed by atoms with E-state index < -0.39 is 10.2 Å². The summed E-state index contributed by atoms with van der Waals surface area (Å²) in [4.78, 5) is 0. The average molecular weight is 311 g/mol. The fourth-order valence-electron chi connectivity index (χ4n) is 2.81. The second kappa shape index (κ2) is 7.81. The summed E-state index contributed by atoms with van der Waals surface area (Å²) in [5.41, 5.74) is 0. The second-order valence-corrected chi connectivity index (χ2v) is 7.44. The number of hydrogen-bond donors (Lipinski definition) is 0. The molecular formula is C13H27ClN2O2S. The van der Waals surface area contributed by atoms with Crippen molar-refractivity contribution in [3.05, 3.63) is 0 Å². The highest BCUT2D eigenvalue weighted by molar-refractivity contribution is 7.86. The smallest absolute Gasteiger partial charge is 0.195 e. The van der Waals surface area contributed by atoms with Crippen molar-refractivity contribution >= 4 is 21.8 Å². The fraction of sp³-hybridized carbons (Fsp3) is 1.00. The van der Waals surface area contributed by atoms with Crippen LogP contribution in [0.4, 0.5) is 0 Å². The van der Waals surface area contributed by atoms with Gasteiger partial charge in [-0.3, -0.25) is 0 Å². The van der Waals surface area contributed by atoms with E-state index in [-0.39, 0.29) is 12.1 Å². The van der Waals surface area contributed by atoms with E-state index >= 15 is 0 Å². The Balaban J connectivity index is 2.97. The first-order chi connectivity index (χ1) is 8.98. The standard InChI is InChI=1S/C13H27ClN2O2S/c1-4-13(5-2)16(11-9-14)19(17,18)15-10-7-6-8-12(15)3/h12-13H,4-11H2,1-3H3. The molecule has 0 N–H and O–H groups in total. The van der Waals surface area contributed by atoms with E-state index in [4.69, 9.17) is 11.6 Å². The third kappa shape index (κ3) is 4.06.